The fraction of sp³-hybridized carbons (Fsp3) is 0.214. The molecule has 1 heterocycles. The lowest BCUT2D eigenvalue weighted by Crippen LogP contribution is -2.01. The third-order valence-corrected chi connectivity index (χ3v) is 3.57. The number of rotatable bonds is 5. The highest BCUT2D eigenvalue weighted by Gasteiger charge is 2.07. The quantitative estimate of drug-likeness (QED) is 0.778. The van der Waals surface area contributed by atoms with Gasteiger partial charge >= 0.3 is 0 Å². The average molecular weight is 332 g/mol. The summed E-state index contributed by atoms with van der Waals surface area (Å²) in [5.41, 5.74) is 0.984. The van der Waals surface area contributed by atoms with E-state index in [-0.39, 0.29) is 0 Å². The number of hydrogen-bond donors (Lipinski definition) is 1. The Labute approximate surface area is 132 Å². The zero-order valence-electron chi connectivity index (χ0n) is 10.8. The van der Waals surface area contributed by atoms with Crippen molar-refractivity contribution in [2.24, 2.45) is 0 Å². The Bertz CT molecular complexity index is 605. The molecule has 2 aromatic rings. The number of benzene rings is 1. The maximum Gasteiger partial charge on any atom is 0.139 e. The molecule has 1 N–H and O–H groups in total. The molecule has 0 bridgehead atoms. The van der Waals surface area contributed by atoms with E-state index in [1.54, 1.807) is 18.3 Å². The van der Waals surface area contributed by atoms with Crippen molar-refractivity contribution in [3.8, 4) is 5.75 Å². The first kappa shape index (κ1) is 15.2. The van der Waals surface area contributed by atoms with Gasteiger partial charge in [-0.05, 0) is 30.7 Å². The van der Waals surface area contributed by atoms with Crippen LogP contribution in [0.3, 0.4) is 0 Å². The Hall–Kier alpha value is -1.16. The van der Waals surface area contributed by atoms with E-state index in [0.717, 1.165) is 17.9 Å². The van der Waals surface area contributed by atoms with Crippen molar-refractivity contribution >= 4 is 40.6 Å². The summed E-state index contributed by atoms with van der Waals surface area (Å²) in [5, 5.41) is 4.39. The first-order valence-electron chi connectivity index (χ1n) is 6.06. The van der Waals surface area contributed by atoms with Crippen molar-refractivity contribution in [1.82, 2.24) is 4.98 Å². The van der Waals surface area contributed by atoms with Crippen LogP contribution >= 0.6 is 34.8 Å². The lowest BCUT2D eigenvalue weighted by molar-refractivity contribution is 0.306. The third kappa shape index (κ3) is 3.92. The second kappa shape index (κ2) is 7.02. The second-order valence-corrected chi connectivity index (χ2v) is 5.29. The monoisotopic (exact) mass is 330 g/mol. The molecular formula is C14H13Cl3N2O. The van der Waals surface area contributed by atoms with Crippen LogP contribution < -0.4 is 10.1 Å². The van der Waals surface area contributed by atoms with Gasteiger partial charge in [-0.25, -0.2) is 4.98 Å². The molecular weight excluding hydrogens is 319 g/mol. The normalized spacial score (nSPS) is 10.4. The van der Waals surface area contributed by atoms with Crippen LogP contribution in [0, 0.1) is 0 Å². The van der Waals surface area contributed by atoms with Gasteiger partial charge in [0.1, 0.15) is 18.2 Å². The number of ether oxygens (including phenoxy) is 1. The molecule has 0 fully saturated rings. The van der Waals surface area contributed by atoms with Crippen LogP contribution in [0.5, 0.6) is 5.75 Å². The molecule has 0 saturated heterocycles. The van der Waals surface area contributed by atoms with Gasteiger partial charge < -0.3 is 10.1 Å². The van der Waals surface area contributed by atoms with E-state index in [0.29, 0.717) is 27.4 Å². The number of nitrogens with zero attached hydrogens (tertiary/aromatic N) is 1. The fourth-order valence-corrected chi connectivity index (χ4v) is 2.21. The highest BCUT2D eigenvalue weighted by atomic mass is 35.5. The molecule has 0 atom stereocenters. The van der Waals surface area contributed by atoms with Gasteiger partial charge in [-0.15, -0.1) is 0 Å². The zero-order valence-corrected chi connectivity index (χ0v) is 13.1. The Morgan fingerprint density at radius 2 is 1.85 bits per heavy atom. The maximum absolute atomic E-state index is 6.06. The molecule has 0 amide bonds. The molecule has 20 heavy (non-hydrogen) atoms. The van der Waals surface area contributed by atoms with Crippen molar-refractivity contribution < 1.29 is 4.74 Å². The Morgan fingerprint density at radius 1 is 1.10 bits per heavy atom. The van der Waals surface area contributed by atoms with Gasteiger partial charge in [-0.1, -0.05) is 34.8 Å². The summed E-state index contributed by atoms with van der Waals surface area (Å²) < 4.78 is 5.66. The van der Waals surface area contributed by atoms with Crippen molar-refractivity contribution in [2.75, 3.05) is 11.9 Å². The molecule has 0 spiro atoms. The molecule has 1 aromatic carbocycles. The number of nitrogens with one attached hydrogen (secondary N) is 1. The summed E-state index contributed by atoms with van der Waals surface area (Å²) in [6, 6.07) is 6.98. The van der Waals surface area contributed by atoms with Crippen LogP contribution in [-0.4, -0.2) is 11.5 Å². The maximum atomic E-state index is 6.06. The molecule has 106 valence electrons. The molecule has 0 aliphatic heterocycles. The molecule has 2 rings (SSSR count). The van der Waals surface area contributed by atoms with Gasteiger partial charge in [0, 0.05) is 18.8 Å². The molecule has 6 heteroatoms. The summed E-state index contributed by atoms with van der Waals surface area (Å²) in [6.45, 7) is 3.20. The van der Waals surface area contributed by atoms with Crippen LogP contribution in [0.25, 0.3) is 0 Å². The van der Waals surface area contributed by atoms with E-state index in [9.17, 15) is 0 Å². The van der Waals surface area contributed by atoms with Gasteiger partial charge in [0.25, 0.3) is 0 Å². The fourth-order valence-electron chi connectivity index (χ4n) is 1.62. The summed E-state index contributed by atoms with van der Waals surface area (Å²) in [4.78, 5) is 4.20. The minimum Gasteiger partial charge on any atom is -0.487 e. The van der Waals surface area contributed by atoms with Gasteiger partial charge in [-0.3, -0.25) is 0 Å². The predicted molar refractivity (Wildman–Crippen MR) is 84.2 cm³/mol. The lowest BCUT2D eigenvalue weighted by atomic mass is 10.2. The average Bonchev–Trinajstić information content (AvgIpc) is 2.42. The Morgan fingerprint density at radius 3 is 2.60 bits per heavy atom. The number of anilines is 1. The highest BCUT2D eigenvalue weighted by Crippen LogP contribution is 2.34. The van der Waals surface area contributed by atoms with Crippen LogP contribution in [-0.2, 0) is 6.61 Å². The summed E-state index contributed by atoms with van der Waals surface area (Å²) in [6.07, 6.45) is 1.73. The van der Waals surface area contributed by atoms with Gasteiger partial charge in [0.2, 0.25) is 0 Å². The largest absolute Gasteiger partial charge is 0.487 e. The van der Waals surface area contributed by atoms with Crippen LogP contribution in [0.2, 0.25) is 15.1 Å². The summed E-state index contributed by atoms with van der Waals surface area (Å²) in [5.74, 6) is 1.32. The van der Waals surface area contributed by atoms with E-state index in [4.69, 9.17) is 39.5 Å². The number of halogens is 3. The smallest absolute Gasteiger partial charge is 0.139 e. The second-order valence-electron chi connectivity index (χ2n) is 4.07. The molecule has 3 nitrogen and oxygen atoms in total. The molecule has 0 aliphatic carbocycles. The van der Waals surface area contributed by atoms with Gasteiger partial charge in [0.05, 0.1) is 15.1 Å². The Kier molecular flexibility index (Phi) is 5.35. The van der Waals surface area contributed by atoms with Crippen LogP contribution in [0.1, 0.15) is 12.5 Å². The van der Waals surface area contributed by atoms with Crippen LogP contribution in [0.4, 0.5) is 5.82 Å². The topological polar surface area (TPSA) is 34.1 Å². The van der Waals surface area contributed by atoms with E-state index in [2.05, 4.69) is 10.3 Å². The number of aromatic nitrogens is 1. The minimum absolute atomic E-state index is 0.374. The highest BCUT2D eigenvalue weighted by molar-refractivity contribution is 6.43. The van der Waals surface area contributed by atoms with E-state index < -0.39 is 0 Å². The van der Waals surface area contributed by atoms with Crippen molar-refractivity contribution in [1.29, 1.82) is 0 Å². The first-order chi connectivity index (χ1) is 9.60. The van der Waals surface area contributed by atoms with Crippen molar-refractivity contribution in [2.45, 2.75) is 13.5 Å². The van der Waals surface area contributed by atoms with Crippen molar-refractivity contribution in [3.05, 3.63) is 51.1 Å². The third-order valence-electron chi connectivity index (χ3n) is 2.55. The molecule has 0 aliphatic rings. The Balaban J connectivity index is 2.08. The molecule has 0 radical (unpaired) electrons. The van der Waals surface area contributed by atoms with E-state index in [1.807, 2.05) is 19.1 Å². The standard InChI is InChI=1S/C14H13Cl3N2O/c1-2-18-14-5-9(3-4-19-14)8-20-13-7-11(16)10(15)6-12(13)17/h3-7H,2,8H2,1H3,(H,18,19). The van der Waals surface area contributed by atoms with Crippen LogP contribution in [0.15, 0.2) is 30.5 Å². The SMILES string of the molecule is CCNc1cc(COc2cc(Cl)c(Cl)cc2Cl)ccn1. The number of hydrogen-bond acceptors (Lipinski definition) is 3. The summed E-state index contributed by atoms with van der Waals surface area (Å²) >= 11 is 17.9. The van der Waals surface area contributed by atoms with Gasteiger partial charge in [0.15, 0.2) is 0 Å². The molecule has 0 unspecified atom stereocenters. The number of pyridine rings is 1. The summed E-state index contributed by atoms with van der Waals surface area (Å²) in [7, 11) is 0. The minimum atomic E-state index is 0.374. The molecule has 0 saturated carbocycles. The molecule has 1 aromatic heterocycles. The van der Waals surface area contributed by atoms with Crippen molar-refractivity contribution in [3.63, 3.8) is 0 Å². The predicted octanol–water partition coefficient (Wildman–Crippen LogP) is 5.05. The first-order valence-corrected chi connectivity index (χ1v) is 7.19. The zero-order chi connectivity index (χ0) is 14.5. The van der Waals surface area contributed by atoms with E-state index in [1.165, 1.54) is 0 Å². The van der Waals surface area contributed by atoms with Gasteiger partial charge in [-0.2, -0.15) is 0 Å². The lowest BCUT2D eigenvalue weighted by Gasteiger charge is -2.10. The van der Waals surface area contributed by atoms with E-state index >= 15 is 0 Å².